The van der Waals surface area contributed by atoms with E-state index in [9.17, 15) is 5.11 Å². The Morgan fingerprint density at radius 2 is 2.06 bits per heavy atom. The SMILES string of the molecule is CCCNCc1ccc(SCC(O)COC)cc1. The highest BCUT2D eigenvalue weighted by atomic mass is 32.2. The van der Waals surface area contributed by atoms with Crippen LogP contribution in [-0.4, -0.2) is 37.2 Å². The lowest BCUT2D eigenvalue weighted by atomic mass is 10.2. The molecule has 4 heteroatoms. The first-order valence-corrected chi connectivity index (χ1v) is 7.34. The van der Waals surface area contributed by atoms with Gasteiger partial charge in [0, 0.05) is 24.3 Å². The zero-order chi connectivity index (χ0) is 13.2. The van der Waals surface area contributed by atoms with Crippen molar-refractivity contribution in [2.24, 2.45) is 0 Å². The van der Waals surface area contributed by atoms with E-state index in [2.05, 4.69) is 36.5 Å². The summed E-state index contributed by atoms with van der Waals surface area (Å²) in [6.07, 6.45) is 0.761. The molecule has 1 aromatic carbocycles. The monoisotopic (exact) mass is 269 g/mol. The highest BCUT2D eigenvalue weighted by molar-refractivity contribution is 7.99. The molecule has 0 saturated heterocycles. The lowest BCUT2D eigenvalue weighted by molar-refractivity contribution is 0.0794. The van der Waals surface area contributed by atoms with Crippen LogP contribution in [0.15, 0.2) is 29.2 Å². The predicted octanol–water partition coefficient (Wildman–Crippen LogP) is 2.29. The number of hydrogen-bond acceptors (Lipinski definition) is 4. The number of thioether (sulfide) groups is 1. The molecular formula is C14H23NO2S. The number of methoxy groups -OCH3 is 1. The van der Waals surface area contributed by atoms with Crippen molar-refractivity contribution in [2.45, 2.75) is 30.9 Å². The summed E-state index contributed by atoms with van der Waals surface area (Å²) in [5, 5.41) is 12.9. The predicted molar refractivity (Wildman–Crippen MR) is 77.0 cm³/mol. The molecule has 1 aromatic rings. The fourth-order valence-electron chi connectivity index (χ4n) is 1.55. The van der Waals surface area contributed by atoms with Crippen LogP contribution in [0.25, 0.3) is 0 Å². The molecule has 0 heterocycles. The minimum Gasteiger partial charge on any atom is -0.390 e. The van der Waals surface area contributed by atoms with E-state index in [4.69, 9.17) is 4.74 Å². The van der Waals surface area contributed by atoms with Gasteiger partial charge in [-0.05, 0) is 30.7 Å². The molecule has 0 bridgehead atoms. The van der Waals surface area contributed by atoms with Crippen molar-refractivity contribution in [1.82, 2.24) is 5.32 Å². The second-order valence-corrected chi connectivity index (χ2v) is 5.33. The van der Waals surface area contributed by atoms with Crippen molar-refractivity contribution in [2.75, 3.05) is 26.0 Å². The summed E-state index contributed by atoms with van der Waals surface area (Å²) in [6, 6.07) is 8.47. The van der Waals surface area contributed by atoms with E-state index in [0.29, 0.717) is 12.4 Å². The first-order chi connectivity index (χ1) is 8.76. The first kappa shape index (κ1) is 15.5. The Labute approximate surface area is 114 Å². The van der Waals surface area contributed by atoms with Crippen LogP contribution >= 0.6 is 11.8 Å². The molecule has 0 amide bonds. The van der Waals surface area contributed by atoms with Crippen molar-refractivity contribution >= 4 is 11.8 Å². The van der Waals surface area contributed by atoms with Gasteiger partial charge in [0.1, 0.15) is 0 Å². The number of aliphatic hydroxyl groups excluding tert-OH is 1. The van der Waals surface area contributed by atoms with Crippen molar-refractivity contribution in [3.63, 3.8) is 0 Å². The van der Waals surface area contributed by atoms with Gasteiger partial charge in [0.05, 0.1) is 12.7 Å². The van der Waals surface area contributed by atoms with Gasteiger partial charge < -0.3 is 15.2 Å². The summed E-state index contributed by atoms with van der Waals surface area (Å²) in [5.74, 6) is 0.668. The topological polar surface area (TPSA) is 41.5 Å². The summed E-state index contributed by atoms with van der Waals surface area (Å²) in [7, 11) is 1.60. The number of benzene rings is 1. The van der Waals surface area contributed by atoms with Gasteiger partial charge in [-0.2, -0.15) is 0 Å². The Kier molecular flexibility index (Phi) is 8.09. The largest absolute Gasteiger partial charge is 0.390 e. The van der Waals surface area contributed by atoms with Crippen LogP contribution in [0.3, 0.4) is 0 Å². The summed E-state index contributed by atoms with van der Waals surface area (Å²) < 4.78 is 4.89. The lowest BCUT2D eigenvalue weighted by Gasteiger charge is -2.09. The van der Waals surface area contributed by atoms with Crippen LogP contribution in [0, 0.1) is 0 Å². The normalized spacial score (nSPS) is 12.6. The molecule has 1 atom stereocenters. The molecule has 102 valence electrons. The van der Waals surface area contributed by atoms with Gasteiger partial charge in [-0.3, -0.25) is 0 Å². The van der Waals surface area contributed by atoms with E-state index < -0.39 is 6.10 Å². The molecule has 0 radical (unpaired) electrons. The number of ether oxygens (including phenoxy) is 1. The number of rotatable bonds is 9. The molecule has 2 N–H and O–H groups in total. The third-order valence-corrected chi connectivity index (χ3v) is 3.64. The Morgan fingerprint density at radius 3 is 2.67 bits per heavy atom. The van der Waals surface area contributed by atoms with E-state index in [1.54, 1.807) is 18.9 Å². The lowest BCUT2D eigenvalue weighted by Crippen LogP contribution is -2.16. The Bertz CT molecular complexity index is 316. The second kappa shape index (κ2) is 9.39. The molecule has 0 aliphatic heterocycles. The van der Waals surface area contributed by atoms with Gasteiger partial charge in [0.25, 0.3) is 0 Å². The smallest absolute Gasteiger partial charge is 0.0867 e. The fourth-order valence-corrected chi connectivity index (χ4v) is 2.36. The molecule has 0 aliphatic carbocycles. The minimum absolute atomic E-state index is 0.395. The average molecular weight is 269 g/mol. The van der Waals surface area contributed by atoms with Crippen molar-refractivity contribution in [3.05, 3.63) is 29.8 Å². The zero-order valence-electron chi connectivity index (χ0n) is 11.2. The van der Waals surface area contributed by atoms with Gasteiger partial charge in [-0.15, -0.1) is 11.8 Å². The fraction of sp³-hybridized carbons (Fsp3) is 0.571. The molecule has 0 aliphatic rings. The number of aliphatic hydroxyl groups is 1. The van der Waals surface area contributed by atoms with Gasteiger partial charge in [0.2, 0.25) is 0 Å². The molecule has 0 saturated carbocycles. The summed E-state index contributed by atoms with van der Waals surface area (Å²) >= 11 is 1.66. The molecule has 0 aromatic heterocycles. The van der Waals surface area contributed by atoms with E-state index in [-0.39, 0.29) is 0 Å². The Morgan fingerprint density at radius 1 is 1.33 bits per heavy atom. The number of hydrogen-bond donors (Lipinski definition) is 2. The van der Waals surface area contributed by atoms with Gasteiger partial charge in [-0.1, -0.05) is 19.1 Å². The minimum atomic E-state index is -0.397. The van der Waals surface area contributed by atoms with Crippen LogP contribution < -0.4 is 5.32 Å². The van der Waals surface area contributed by atoms with Gasteiger partial charge in [0.15, 0.2) is 0 Å². The van der Waals surface area contributed by atoms with Crippen LogP contribution in [0.5, 0.6) is 0 Å². The molecule has 18 heavy (non-hydrogen) atoms. The maximum absolute atomic E-state index is 9.55. The quantitative estimate of drug-likeness (QED) is 0.533. The van der Waals surface area contributed by atoms with Crippen molar-refractivity contribution in [3.8, 4) is 0 Å². The van der Waals surface area contributed by atoms with Crippen molar-refractivity contribution < 1.29 is 9.84 Å². The van der Waals surface area contributed by atoms with Crippen LogP contribution in [0.1, 0.15) is 18.9 Å². The third-order valence-electron chi connectivity index (χ3n) is 2.48. The van der Waals surface area contributed by atoms with Gasteiger partial charge in [-0.25, -0.2) is 0 Å². The maximum Gasteiger partial charge on any atom is 0.0867 e. The standard InChI is InChI=1S/C14H23NO2S/c1-3-8-15-9-12-4-6-14(7-5-12)18-11-13(16)10-17-2/h4-7,13,15-16H,3,8-11H2,1-2H3. The van der Waals surface area contributed by atoms with E-state index in [0.717, 1.165) is 19.5 Å². The Balaban J connectivity index is 2.31. The first-order valence-electron chi connectivity index (χ1n) is 6.35. The molecule has 0 spiro atoms. The highest BCUT2D eigenvalue weighted by Gasteiger charge is 2.04. The van der Waals surface area contributed by atoms with Gasteiger partial charge >= 0.3 is 0 Å². The Hall–Kier alpha value is -0.550. The summed E-state index contributed by atoms with van der Waals surface area (Å²) in [5.41, 5.74) is 1.30. The molecule has 1 rings (SSSR count). The van der Waals surface area contributed by atoms with Crippen molar-refractivity contribution in [1.29, 1.82) is 0 Å². The summed E-state index contributed by atoms with van der Waals surface area (Å²) in [6.45, 7) is 4.54. The molecule has 3 nitrogen and oxygen atoms in total. The molecular weight excluding hydrogens is 246 g/mol. The van der Waals surface area contributed by atoms with Crippen LogP contribution in [0.4, 0.5) is 0 Å². The van der Waals surface area contributed by atoms with E-state index in [1.807, 2.05) is 0 Å². The number of nitrogens with one attached hydrogen (secondary N) is 1. The summed E-state index contributed by atoms with van der Waals surface area (Å²) in [4.78, 5) is 1.18. The molecule has 1 unspecified atom stereocenters. The van der Waals surface area contributed by atoms with E-state index in [1.165, 1.54) is 10.5 Å². The van der Waals surface area contributed by atoms with Crippen LogP contribution in [-0.2, 0) is 11.3 Å². The second-order valence-electron chi connectivity index (χ2n) is 4.24. The maximum atomic E-state index is 9.55. The van der Waals surface area contributed by atoms with Crippen LogP contribution in [0.2, 0.25) is 0 Å². The van der Waals surface area contributed by atoms with E-state index >= 15 is 0 Å². The zero-order valence-corrected chi connectivity index (χ0v) is 12.0. The highest BCUT2D eigenvalue weighted by Crippen LogP contribution is 2.19. The molecule has 0 fully saturated rings. The third kappa shape index (κ3) is 6.40. The average Bonchev–Trinajstić information content (AvgIpc) is 2.38.